The van der Waals surface area contributed by atoms with Crippen molar-refractivity contribution >= 4 is 11.9 Å². The van der Waals surface area contributed by atoms with Crippen LogP contribution in [0.5, 0.6) is 0 Å². The molecule has 0 unspecified atom stereocenters. The largest absolute Gasteiger partial charge is 0.395 e. The Hall–Kier alpha value is -1.18. The van der Waals surface area contributed by atoms with Crippen LogP contribution in [0, 0.1) is 0 Å². The molecule has 2 fully saturated rings. The van der Waals surface area contributed by atoms with E-state index in [1.165, 1.54) is 0 Å². The zero-order valence-corrected chi connectivity index (χ0v) is 10.3. The number of likely N-dealkylation sites (tertiary alicyclic amines) is 1. The predicted molar refractivity (Wildman–Crippen MR) is 62.8 cm³/mol. The highest BCUT2D eigenvalue weighted by molar-refractivity contribution is 6.07. The third kappa shape index (κ3) is 2.21. The highest BCUT2D eigenvalue weighted by atomic mass is 16.3. The number of nitrogens with zero attached hydrogens (tertiary/aromatic N) is 2. The van der Waals surface area contributed by atoms with Crippen LogP contribution >= 0.6 is 0 Å². The van der Waals surface area contributed by atoms with E-state index < -0.39 is 11.6 Å². The number of aliphatic hydroxyl groups is 2. The van der Waals surface area contributed by atoms with Crippen LogP contribution in [-0.2, 0) is 4.79 Å². The Kier molecular flexibility index (Phi) is 3.84. The molecule has 0 aromatic heterocycles. The number of imide groups is 1. The average Bonchev–Trinajstić information content (AvgIpc) is 2.58. The molecule has 2 aliphatic heterocycles. The zero-order chi connectivity index (χ0) is 13.2. The molecular formula is C11H19N3O4. The van der Waals surface area contributed by atoms with E-state index in [4.69, 9.17) is 10.2 Å². The fourth-order valence-electron chi connectivity index (χ4n) is 2.62. The fourth-order valence-corrected chi connectivity index (χ4v) is 2.62. The van der Waals surface area contributed by atoms with Crippen LogP contribution < -0.4 is 5.32 Å². The van der Waals surface area contributed by atoms with Crippen LogP contribution in [0.25, 0.3) is 0 Å². The minimum atomic E-state index is -0.793. The first kappa shape index (κ1) is 13.3. The smallest absolute Gasteiger partial charge is 0.325 e. The first-order valence-electron chi connectivity index (χ1n) is 6.21. The summed E-state index contributed by atoms with van der Waals surface area (Å²) < 4.78 is 0. The van der Waals surface area contributed by atoms with Crippen LogP contribution in [0.4, 0.5) is 4.79 Å². The van der Waals surface area contributed by atoms with Gasteiger partial charge in [-0.05, 0) is 12.8 Å². The lowest BCUT2D eigenvalue weighted by molar-refractivity contribution is -0.133. The molecule has 0 radical (unpaired) electrons. The molecule has 3 N–H and O–H groups in total. The third-order valence-electron chi connectivity index (χ3n) is 3.70. The molecule has 0 aromatic rings. The van der Waals surface area contributed by atoms with E-state index in [2.05, 4.69) is 10.2 Å². The normalized spacial score (nSPS) is 23.8. The topological polar surface area (TPSA) is 93.1 Å². The molecule has 102 valence electrons. The molecule has 2 aliphatic rings. The lowest BCUT2D eigenvalue weighted by atomic mass is 9.87. The van der Waals surface area contributed by atoms with Gasteiger partial charge in [-0.2, -0.15) is 0 Å². The summed E-state index contributed by atoms with van der Waals surface area (Å²) in [5.74, 6) is -0.231. The Morgan fingerprint density at radius 3 is 2.28 bits per heavy atom. The number of β-amino-alcohol motifs (C(OH)–C–C–N with tert-alkyl or cyclic N) is 2. The molecule has 7 nitrogen and oxygen atoms in total. The molecule has 0 aliphatic carbocycles. The van der Waals surface area contributed by atoms with Crippen molar-refractivity contribution in [3.8, 4) is 0 Å². The number of amides is 3. The van der Waals surface area contributed by atoms with Crippen molar-refractivity contribution in [1.82, 2.24) is 15.1 Å². The van der Waals surface area contributed by atoms with Gasteiger partial charge in [0.15, 0.2) is 0 Å². The third-order valence-corrected chi connectivity index (χ3v) is 3.70. The summed E-state index contributed by atoms with van der Waals surface area (Å²) in [5.41, 5.74) is -0.793. The van der Waals surface area contributed by atoms with Crippen LogP contribution in [0.2, 0.25) is 0 Å². The molecule has 18 heavy (non-hydrogen) atoms. The van der Waals surface area contributed by atoms with Gasteiger partial charge in [-0.25, -0.2) is 4.79 Å². The lowest BCUT2D eigenvalue weighted by Gasteiger charge is -2.36. The number of urea groups is 1. The van der Waals surface area contributed by atoms with E-state index in [1.54, 1.807) is 0 Å². The number of rotatable bonds is 4. The molecule has 1 spiro atoms. The molecule has 2 heterocycles. The van der Waals surface area contributed by atoms with E-state index >= 15 is 0 Å². The van der Waals surface area contributed by atoms with Crippen molar-refractivity contribution in [2.45, 2.75) is 18.4 Å². The van der Waals surface area contributed by atoms with Crippen molar-refractivity contribution < 1.29 is 19.8 Å². The van der Waals surface area contributed by atoms with E-state index in [0.29, 0.717) is 32.5 Å². The lowest BCUT2D eigenvalue weighted by Crippen LogP contribution is -2.55. The summed E-state index contributed by atoms with van der Waals surface area (Å²) in [5, 5.41) is 20.5. The predicted octanol–water partition coefficient (Wildman–Crippen LogP) is -1.64. The summed E-state index contributed by atoms with van der Waals surface area (Å²) in [6.45, 7) is 1.89. The zero-order valence-electron chi connectivity index (χ0n) is 10.3. The molecule has 0 aromatic carbocycles. The molecule has 3 amide bonds. The standard InChI is InChI=1S/C11H19N3O4/c15-7-5-13-3-1-11(2-4-13)9(17)14(6-8-16)10(18)12-11/h15-16H,1-8H2,(H,12,18). The monoisotopic (exact) mass is 257 g/mol. The maximum atomic E-state index is 12.2. The van der Waals surface area contributed by atoms with Gasteiger partial charge in [0.05, 0.1) is 19.8 Å². The highest BCUT2D eigenvalue weighted by Gasteiger charge is 2.51. The molecule has 2 saturated heterocycles. The van der Waals surface area contributed by atoms with E-state index in [-0.39, 0.29) is 25.7 Å². The Balaban J connectivity index is 2.02. The van der Waals surface area contributed by atoms with Gasteiger partial charge in [-0.15, -0.1) is 0 Å². The Bertz CT molecular complexity index is 339. The SMILES string of the molecule is O=C1NC2(CCN(CCO)CC2)C(=O)N1CCO. The fraction of sp³-hybridized carbons (Fsp3) is 0.818. The number of hydrogen-bond donors (Lipinski definition) is 3. The number of carbonyl (C=O) groups excluding carboxylic acids is 2. The molecule has 0 atom stereocenters. The van der Waals surface area contributed by atoms with Gasteiger partial charge in [0.2, 0.25) is 0 Å². The number of hydrogen-bond acceptors (Lipinski definition) is 5. The molecule has 2 rings (SSSR count). The minimum Gasteiger partial charge on any atom is -0.395 e. The second-order valence-corrected chi connectivity index (χ2v) is 4.76. The van der Waals surface area contributed by atoms with E-state index in [0.717, 1.165) is 4.90 Å². The molecule has 0 bridgehead atoms. The summed E-state index contributed by atoms with van der Waals surface area (Å²) in [7, 11) is 0. The number of carbonyl (C=O) groups is 2. The molecule has 7 heteroatoms. The van der Waals surface area contributed by atoms with Gasteiger partial charge in [0, 0.05) is 19.6 Å². The van der Waals surface area contributed by atoms with Crippen LogP contribution in [-0.4, -0.2) is 76.9 Å². The van der Waals surface area contributed by atoms with Gasteiger partial charge < -0.3 is 20.4 Å². The summed E-state index contributed by atoms with van der Waals surface area (Å²) in [6.07, 6.45) is 1.11. The van der Waals surface area contributed by atoms with E-state index in [1.807, 2.05) is 0 Å². The van der Waals surface area contributed by atoms with E-state index in [9.17, 15) is 9.59 Å². The van der Waals surface area contributed by atoms with Crippen molar-refractivity contribution in [3.63, 3.8) is 0 Å². The Morgan fingerprint density at radius 1 is 1.11 bits per heavy atom. The minimum absolute atomic E-state index is 0.0484. The van der Waals surface area contributed by atoms with Crippen molar-refractivity contribution in [2.75, 3.05) is 39.4 Å². The second-order valence-electron chi connectivity index (χ2n) is 4.76. The quantitative estimate of drug-likeness (QED) is 0.525. The van der Waals surface area contributed by atoms with Crippen molar-refractivity contribution in [1.29, 1.82) is 0 Å². The maximum absolute atomic E-state index is 12.2. The first-order valence-corrected chi connectivity index (χ1v) is 6.21. The highest BCUT2D eigenvalue weighted by Crippen LogP contribution is 2.29. The van der Waals surface area contributed by atoms with Gasteiger partial charge in [-0.1, -0.05) is 0 Å². The maximum Gasteiger partial charge on any atom is 0.325 e. The van der Waals surface area contributed by atoms with Gasteiger partial charge in [0.25, 0.3) is 5.91 Å². The van der Waals surface area contributed by atoms with Crippen LogP contribution in [0.1, 0.15) is 12.8 Å². The Morgan fingerprint density at radius 2 is 1.72 bits per heavy atom. The van der Waals surface area contributed by atoms with Gasteiger partial charge in [-0.3, -0.25) is 9.69 Å². The van der Waals surface area contributed by atoms with Crippen LogP contribution in [0.3, 0.4) is 0 Å². The van der Waals surface area contributed by atoms with Crippen molar-refractivity contribution in [3.05, 3.63) is 0 Å². The number of aliphatic hydroxyl groups excluding tert-OH is 2. The molecule has 0 saturated carbocycles. The number of nitrogens with one attached hydrogen (secondary N) is 1. The number of piperidine rings is 1. The first-order chi connectivity index (χ1) is 8.63. The average molecular weight is 257 g/mol. The summed E-state index contributed by atoms with van der Waals surface area (Å²) in [4.78, 5) is 27.0. The second kappa shape index (κ2) is 5.21. The Labute approximate surface area is 105 Å². The van der Waals surface area contributed by atoms with Crippen LogP contribution in [0.15, 0.2) is 0 Å². The summed E-state index contributed by atoms with van der Waals surface area (Å²) >= 11 is 0. The van der Waals surface area contributed by atoms with Gasteiger partial charge in [0.1, 0.15) is 5.54 Å². The molecular weight excluding hydrogens is 238 g/mol. The van der Waals surface area contributed by atoms with Gasteiger partial charge >= 0.3 is 6.03 Å². The van der Waals surface area contributed by atoms with Crippen molar-refractivity contribution in [2.24, 2.45) is 0 Å². The summed E-state index contributed by atoms with van der Waals surface area (Å²) in [6, 6.07) is -0.412.